The van der Waals surface area contributed by atoms with Crippen molar-refractivity contribution < 1.29 is 29.7 Å². The minimum atomic E-state index is -0.714. The van der Waals surface area contributed by atoms with Crippen molar-refractivity contribution >= 4 is 17.9 Å². The van der Waals surface area contributed by atoms with Gasteiger partial charge in [-0.2, -0.15) is 0 Å². The molecule has 0 aliphatic rings. The molecule has 0 bridgehead atoms. The second-order valence-electron chi connectivity index (χ2n) is 18.1. The number of nitrogens with two attached hydrogens (primary N) is 1. The van der Waals surface area contributed by atoms with Crippen molar-refractivity contribution in [1.82, 2.24) is 16.0 Å². The lowest BCUT2D eigenvalue weighted by molar-refractivity contribution is -0.138. The van der Waals surface area contributed by atoms with Gasteiger partial charge in [-0.25, -0.2) is 0 Å². The summed E-state index contributed by atoms with van der Waals surface area (Å²) >= 11 is 0. The lowest BCUT2D eigenvalue weighted by atomic mass is 10.0. The molecule has 0 fully saturated rings. The highest BCUT2D eigenvalue weighted by molar-refractivity contribution is 5.67. The van der Waals surface area contributed by atoms with Gasteiger partial charge in [-0.15, -0.1) is 0 Å². The van der Waals surface area contributed by atoms with E-state index in [2.05, 4.69) is 43.6 Å². The van der Waals surface area contributed by atoms with Crippen LogP contribution in [-0.4, -0.2) is 79.0 Å². The zero-order chi connectivity index (χ0) is 48.1. The molecule has 10 heteroatoms. The van der Waals surface area contributed by atoms with Gasteiger partial charge >= 0.3 is 17.9 Å². The van der Waals surface area contributed by atoms with E-state index in [1.54, 1.807) is 0 Å². The van der Waals surface area contributed by atoms with Crippen molar-refractivity contribution in [2.24, 2.45) is 5.73 Å². The Hall–Kier alpha value is -1.75. The predicted octanol–water partition coefficient (Wildman–Crippen LogP) is 14.6. The maximum absolute atomic E-state index is 10.3. The molecule has 0 aliphatic heterocycles. The monoisotopic (exact) mass is 915 g/mol. The largest absolute Gasteiger partial charge is 0.481 e. The second-order valence-corrected chi connectivity index (χ2v) is 18.1. The zero-order valence-electron chi connectivity index (χ0n) is 43.4. The second kappa shape index (κ2) is 67.8. The van der Waals surface area contributed by atoms with Crippen LogP contribution in [0, 0.1) is 0 Å². The summed E-state index contributed by atoms with van der Waals surface area (Å²) in [6, 6.07) is 0. The number of carboxylic acid groups (broad SMARTS) is 3. The van der Waals surface area contributed by atoms with Gasteiger partial charge in [0, 0.05) is 19.3 Å². The van der Waals surface area contributed by atoms with Gasteiger partial charge in [0.1, 0.15) is 0 Å². The number of nitrogens with one attached hydrogen (secondary N) is 3. The maximum atomic E-state index is 10.3. The molecule has 0 unspecified atom stereocenters. The fourth-order valence-electron chi connectivity index (χ4n) is 7.14. The molecule has 0 amide bonds. The van der Waals surface area contributed by atoms with Gasteiger partial charge in [0.15, 0.2) is 0 Å². The summed E-state index contributed by atoms with van der Waals surface area (Å²) in [5, 5.41) is 35.7. The molecule has 0 atom stereocenters. The molecular formula is C54H114N4O6. The third kappa shape index (κ3) is 83.8. The fourth-order valence-corrected chi connectivity index (χ4v) is 7.14. The quantitative estimate of drug-likeness (QED) is 0.0291. The molecule has 0 aromatic rings. The van der Waals surface area contributed by atoms with Gasteiger partial charge in [0.25, 0.3) is 0 Å². The van der Waals surface area contributed by atoms with Crippen molar-refractivity contribution in [2.75, 3.05) is 45.8 Å². The Kier molecular flexibility index (Phi) is 73.0. The van der Waals surface area contributed by atoms with Gasteiger partial charge in [0.05, 0.1) is 0 Å². The molecule has 0 saturated carbocycles. The molecule has 10 nitrogen and oxygen atoms in total. The van der Waals surface area contributed by atoms with E-state index in [4.69, 9.17) is 21.1 Å². The van der Waals surface area contributed by atoms with E-state index in [0.717, 1.165) is 70.8 Å². The number of hydrogen-bond acceptors (Lipinski definition) is 7. The average molecular weight is 916 g/mol. The van der Waals surface area contributed by atoms with Crippen LogP contribution < -0.4 is 21.7 Å². The molecule has 0 radical (unpaired) electrons. The van der Waals surface area contributed by atoms with Crippen molar-refractivity contribution in [3.8, 4) is 0 Å². The summed E-state index contributed by atoms with van der Waals surface area (Å²) in [7, 11) is 0. The van der Waals surface area contributed by atoms with Crippen LogP contribution in [0.1, 0.15) is 285 Å². The molecule has 0 aromatic carbocycles. The Morgan fingerprint density at radius 2 is 0.469 bits per heavy atom. The van der Waals surface area contributed by atoms with Crippen LogP contribution in [-0.2, 0) is 14.4 Å². The van der Waals surface area contributed by atoms with E-state index < -0.39 is 17.9 Å². The Bertz CT molecular complexity index is 820. The first-order valence-corrected chi connectivity index (χ1v) is 27.7. The van der Waals surface area contributed by atoms with Crippen LogP contribution in [0.15, 0.2) is 0 Å². The van der Waals surface area contributed by atoms with E-state index in [1.807, 2.05) is 0 Å². The molecule has 0 aromatic heterocycles. The van der Waals surface area contributed by atoms with Crippen molar-refractivity contribution in [3.05, 3.63) is 0 Å². The Morgan fingerprint density at radius 1 is 0.281 bits per heavy atom. The van der Waals surface area contributed by atoms with Crippen LogP contribution in [0.5, 0.6) is 0 Å². The minimum Gasteiger partial charge on any atom is -0.481 e. The number of carbonyl (C=O) groups is 3. The summed E-state index contributed by atoms with van der Waals surface area (Å²) in [6.07, 6.45) is 47.1. The number of carboxylic acids is 3. The predicted molar refractivity (Wildman–Crippen MR) is 278 cm³/mol. The van der Waals surface area contributed by atoms with Crippen LogP contribution >= 0.6 is 0 Å². The van der Waals surface area contributed by atoms with Crippen LogP contribution in [0.3, 0.4) is 0 Å². The highest BCUT2D eigenvalue weighted by Crippen LogP contribution is 2.14. The van der Waals surface area contributed by atoms with Gasteiger partial charge in [-0.3, -0.25) is 14.4 Å². The number of hydrogen-bond donors (Lipinski definition) is 7. The number of rotatable bonds is 49. The first-order valence-electron chi connectivity index (χ1n) is 27.7. The number of unbranched alkanes of at least 4 members (excludes halogenated alkanes) is 30. The van der Waals surface area contributed by atoms with Crippen molar-refractivity contribution in [1.29, 1.82) is 0 Å². The summed E-state index contributed by atoms with van der Waals surface area (Å²) in [5.41, 5.74) is 5.39. The lowest BCUT2D eigenvalue weighted by Gasteiger charge is -2.05. The van der Waals surface area contributed by atoms with E-state index in [1.165, 1.54) is 213 Å². The maximum Gasteiger partial charge on any atom is 0.303 e. The van der Waals surface area contributed by atoms with E-state index in [-0.39, 0.29) is 12.8 Å². The zero-order valence-corrected chi connectivity index (χ0v) is 43.4. The first kappa shape index (κ1) is 68.8. The topological polar surface area (TPSA) is 174 Å². The molecule has 0 saturated heterocycles. The molecule has 0 spiro atoms. The molecule has 0 rings (SSSR count). The van der Waals surface area contributed by atoms with Gasteiger partial charge < -0.3 is 37.0 Å². The average Bonchev–Trinajstić information content (AvgIpc) is 3.27. The molecular weight excluding hydrogens is 801 g/mol. The molecule has 0 aliphatic carbocycles. The highest BCUT2D eigenvalue weighted by Gasteiger charge is 2.00. The lowest BCUT2D eigenvalue weighted by Crippen LogP contribution is -2.17. The van der Waals surface area contributed by atoms with Crippen LogP contribution in [0.25, 0.3) is 0 Å². The third-order valence-electron chi connectivity index (χ3n) is 11.4. The van der Waals surface area contributed by atoms with Gasteiger partial charge in [-0.1, -0.05) is 201 Å². The van der Waals surface area contributed by atoms with Gasteiger partial charge in [0.2, 0.25) is 0 Å². The third-order valence-corrected chi connectivity index (χ3v) is 11.4. The molecule has 0 heterocycles. The standard InChI is InChI=1S/C18H36O2.C14H32N2.C12H22O4.C10H24N2/c1-2-3-4-5-6-7-8-9-10-11-12-13-14-15-16-17-18(19)20;1-3-5-11-15-13-9-7-8-10-14-16-12-6-4-2;13-11(14)9-7-5-3-1-2-4-6-8-10-12(15)16;1-2-3-9-12-10-7-5-4-6-8-11/h2-17H2,1H3,(H,19,20);15-16H,3-14H2,1-2H3;1-10H2,(H,13,14)(H,15,16);12H,2-11H2,1H3. The molecule has 64 heavy (non-hydrogen) atoms. The Morgan fingerprint density at radius 3 is 0.688 bits per heavy atom. The summed E-state index contributed by atoms with van der Waals surface area (Å²) in [6.45, 7) is 17.0. The fraction of sp³-hybridized carbons (Fsp3) is 0.944. The first-order chi connectivity index (χ1) is 31.2. The summed E-state index contributed by atoms with van der Waals surface area (Å²) < 4.78 is 0. The van der Waals surface area contributed by atoms with E-state index in [9.17, 15) is 14.4 Å². The molecule has 8 N–H and O–H groups in total. The summed E-state index contributed by atoms with van der Waals surface area (Å²) in [5.74, 6) is -2.08. The highest BCUT2D eigenvalue weighted by atomic mass is 16.4. The molecule has 386 valence electrons. The van der Waals surface area contributed by atoms with Crippen molar-refractivity contribution in [2.45, 2.75) is 285 Å². The van der Waals surface area contributed by atoms with Crippen LogP contribution in [0.2, 0.25) is 0 Å². The number of aliphatic carboxylic acids is 3. The smallest absolute Gasteiger partial charge is 0.303 e. The minimum absolute atomic E-state index is 0.276. The Balaban J connectivity index is -0.000000381. The van der Waals surface area contributed by atoms with Gasteiger partial charge in [-0.05, 0) is 110 Å². The van der Waals surface area contributed by atoms with Crippen LogP contribution in [0.4, 0.5) is 0 Å². The Labute approximate surface area is 398 Å². The van der Waals surface area contributed by atoms with E-state index >= 15 is 0 Å². The van der Waals surface area contributed by atoms with Crippen molar-refractivity contribution in [3.63, 3.8) is 0 Å². The normalized spacial score (nSPS) is 10.6. The SMILES string of the molecule is CCCCCCCCCCCCCCCCCC(=O)O.CCCCNCCCCCCN.CCCCNCCCCCCNCCCC.O=C(O)CCCCCCCCCCC(=O)O. The summed E-state index contributed by atoms with van der Waals surface area (Å²) in [4.78, 5) is 30.8. The van der Waals surface area contributed by atoms with E-state index in [0.29, 0.717) is 6.42 Å².